The van der Waals surface area contributed by atoms with Crippen molar-refractivity contribution in [1.82, 2.24) is 0 Å². The minimum Gasteiger partial charge on any atom is -0.481 e. The second kappa shape index (κ2) is 7.48. The Hall–Kier alpha value is -1.35. The van der Waals surface area contributed by atoms with Gasteiger partial charge < -0.3 is 10.8 Å². The van der Waals surface area contributed by atoms with Crippen molar-refractivity contribution in [1.29, 1.82) is 0 Å². The first-order chi connectivity index (χ1) is 11.2. The van der Waals surface area contributed by atoms with Crippen LogP contribution in [0.2, 0.25) is 0 Å². The molecule has 3 N–H and O–H groups in total. The van der Waals surface area contributed by atoms with E-state index in [1.807, 2.05) is 0 Å². The normalized spacial score (nSPS) is 31.7. The van der Waals surface area contributed by atoms with Crippen molar-refractivity contribution in [2.24, 2.45) is 23.5 Å². The zero-order chi connectivity index (χ0) is 16.2. The van der Waals surface area contributed by atoms with E-state index in [-0.39, 0.29) is 5.92 Å². The van der Waals surface area contributed by atoms with Crippen molar-refractivity contribution in [2.75, 3.05) is 0 Å². The molecule has 1 aromatic carbocycles. The van der Waals surface area contributed by atoms with E-state index in [0.717, 1.165) is 37.5 Å². The van der Waals surface area contributed by atoms with Crippen molar-refractivity contribution in [2.45, 2.75) is 63.8 Å². The largest absolute Gasteiger partial charge is 0.481 e. The summed E-state index contributed by atoms with van der Waals surface area (Å²) in [6.45, 7) is 0.617. The Bertz CT molecular complexity index is 509. The van der Waals surface area contributed by atoms with Crippen molar-refractivity contribution in [3.8, 4) is 0 Å². The molecule has 2 saturated carbocycles. The molecule has 0 bridgehead atoms. The first-order valence-electron chi connectivity index (χ1n) is 9.19. The highest BCUT2D eigenvalue weighted by Crippen LogP contribution is 2.43. The third-order valence-corrected chi connectivity index (χ3v) is 6.25. The molecule has 1 aromatic rings. The number of hydrogen-bond acceptors (Lipinski definition) is 2. The molecule has 23 heavy (non-hydrogen) atoms. The van der Waals surface area contributed by atoms with E-state index in [0.29, 0.717) is 12.5 Å². The first-order valence-corrected chi connectivity index (χ1v) is 9.19. The van der Waals surface area contributed by atoms with E-state index >= 15 is 0 Å². The Balaban J connectivity index is 1.49. The van der Waals surface area contributed by atoms with Gasteiger partial charge in [-0.25, -0.2) is 0 Å². The lowest BCUT2D eigenvalue weighted by atomic mass is 9.68. The molecule has 3 rings (SSSR count). The van der Waals surface area contributed by atoms with Gasteiger partial charge in [0.1, 0.15) is 0 Å². The molecule has 0 spiro atoms. The van der Waals surface area contributed by atoms with Crippen LogP contribution in [0.4, 0.5) is 0 Å². The van der Waals surface area contributed by atoms with E-state index in [9.17, 15) is 4.79 Å². The van der Waals surface area contributed by atoms with Crippen LogP contribution in [-0.4, -0.2) is 11.1 Å². The van der Waals surface area contributed by atoms with Gasteiger partial charge in [0.15, 0.2) is 0 Å². The van der Waals surface area contributed by atoms with Crippen LogP contribution in [0, 0.1) is 17.8 Å². The molecule has 126 valence electrons. The van der Waals surface area contributed by atoms with E-state index in [4.69, 9.17) is 10.8 Å². The fraction of sp³-hybridized carbons (Fsp3) is 0.650. The lowest BCUT2D eigenvalue weighted by Gasteiger charge is -2.37. The SMILES string of the molecule is NCc1ccc(C2CCC([C@H]3CC[C@H](C(=O)O)CC3)CC2)cc1. The van der Waals surface area contributed by atoms with Crippen LogP contribution in [-0.2, 0) is 11.3 Å². The summed E-state index contributed by atoms with van der Waals surface area (Å²) in [5.74, 6) is 1.63. The number of carboxylic acids is 1. The van der Waals surface area contributed by atoms with Gasteiger partial charge in [0, 0.05) is 6.54 Å². The molecule has 0 unspecified atom stereocenters. The summed E-state index contributed by atoms with van der Waals surface area (Å²) in [6.07, 6.45) is 9.21. The smallest absolute Gasteiger partial charge is 0.306 e. The second-order valence-electron chi connectivity index (χ2n) is 7.51. The van der Waals surface area contributed by atoms with E-state index in [1.54, 1.807) is 0 Å². The number of carbonyl (C=O) groups is 1. The Morgan fingerprint density at radius 2 is 1.43 bits per heavy atom. The van der Waals surface area contributed by atoms with Crippen LogP contribution in [0.3, 0.4) is 0 Å². The molecule has 2 aliphatic carbocycles. The maximum Gasteiger partial charge on any atom is 0.306 e. The minimum atomic E-state index is -0.590. The Morgan fingerprint density at radius 1 is 0.913 bits per heavy atom. The van der Waals surface area contributed by atoms with E-state index < -0.39 is 5.97 Å². The van der Waals surface area contributed by atoms with Gasteiger partial charge >= 0.3 is 5.97 Å². The standard InChI is InChI=1S/C20H29NO2/c21-13-14-1-3-15(4-2-14)16-5-7-17(8-6-16)18-9-11-19(12-10-18)20(22)23/h1-4,16-19H,5-13,21H2,(H,22,23)/t16?,17?,18-,19-. The zero-order valence-corrected chi connectivity index (χ0v) is 13.9. The summed E-state index contributed by atoms with van der Waals surface area (Å²) in [7, 11) is 0. The fourth-order valence-corrected chi connectivity index (χ4v) is 4.69. The van der Waals surface area contributed by atoms with Crippen LogP contribution in [0.25, 0.3) is 0 Å². The summed E-state index contributed by atoms with van der Waals surface area (Å²) in [5.41, 5.74) is 8.34. The van der Waals surface area contributed by atoms with Crippen LogP contribution in [0.15, 0.2) is 24.3 Å². The van der Waals surface area contributed by atoms with Crippen molar-refractivity contribution in [3.05, 3.63) is 35.4 Å². The zero-order valence-electron chi connectivity index (χ0n) is 13.9. The summed E-state index contributed by atoms with van der Waals surface area (Å²) < 4.78 is 0. The number of carboxylic acid groups (broad SMARTS) is 1. The number of aliphatic carboxylic acids is 1. The van der Waals surface area contributed by atoms with Gasteiger partial charge in [0.2, 0.25) is 0 Å². The quantitative estimate of drug-likeness (QED) is 0.870. The van der Waals surface area contributed by atoms with Gasteiger partial charge in [-0.1, -0.05) is 24.3 Å². The maximum absolute atomic E-state index is 11.1. The molecule has 2 fully saturated rings. The number of hydrogen-bond donors (Lipinski definition) is 2. The van der Waals surface area contributed by atoms with Crippen LogP contribution in [0.1, 0.15) is 68.4 Å². The molecule has 0 aliphatic heterocycles. The molecule has 0 aromatic heterocycles. The molecular weight excluding hydrogens is 286 g/mol. The van der Waals surface area contributed by atoms with Crippen molar-refractivity contribution < 1.29 is 9.90 Å². The summed E-state index contributed by atoms with van der Waals surface area (Å²) >= 11 is 0. The van der Waals surface area contributed by atoms with Gasteiger partial charge in [-0.3, -0.25) is 4.79 Å². The monoisotopic (exact) mass is 315 g/mol. The molecule has 3 nitrogen and oxygen atoms in total. The molecule has 0 saturated heterocycles. The lowest BCUT2D eigenvalue weighted by Crippen LogP contribution is -2.27. The predicted molar refractivity (Wildman–Crippen MR) is 92.1 cm³/mol. The molecule has 2 aliphatic rings. The summed E-state index contributed by atoms with van der Waals surface area (Å²) in [6, 6.07) is 8.83. The average Bonchev–Trinajstić information content (AvgIpc) is 2.62. The highest BCUT2D eigenvalue weighted by atomic mass is 16.4. The van der Waals surface area contributed by atoms with Gasteiger partial charge in [-0.15, -0.1) is 0 Å². The molecule has 0 amide bonds. The Kier molecular flexibility index (Phi) is 5.37. The molecule has 0 heterocycles. The Labute approximate surface area is 139 Å². The molecule has 0 radical (unpaired) electrons. The van der Waals surface area contributed by atoms with Gasteiger partial charge in [0.05, 0.1) is 5.92 Å². The van der Waals surface area contributed by atoms with Crippen molar-refractivity contribution >= 4 is 5.97 Å². The molecular formula is C20H29NO2. The highest BCUT2D eigenvalue weighted by Gasteiger charge is 2.33. The topological polar surface area (TPSA) is 63.3 Å². The van der Waals surface area contributed by atoms with Crippen LogP contribution in [0.5, 0.6) is 0 Å². The summed E-state index contributed by atoms with van der Waals surface area (Å²) in [5, 5.41) is 9.13. The van der Waals surface area contributed by atoms with Crippen LogP contribution < -0.4 is 5.73 Å². The van der Waals surface area contributed by atoms with Gasteiger partial charge in [-0.2, -0.15) is 0 Å². The van der Waals surface area contributed by atoms with E-state index in [2.05, 4.69) is 24.3 Å². The third kappa shape index (κ3) is 3.95. The maximum atomic E-state index is 11.1. The lowest BCUT2D eigenvalue weighted by molar-refractivity contribution is -0.143. The average molecular weight is 315 g/mol. The second-order valence-corrected chi connectivity index (χ2v) is 7.51. The minimum absolute atomic E-state index is 0.0800. The van der Waals surface area contributed by atoms with Crippen LogP contribution >= 0.6 is 0 Å². The number of rotatable bonds is 4. The Morgan fingerprint density at radius 3 is 1.91 bits per heavy atom. The number of benzene rings is 1. The first kappa shape index (κ1) is 16.5. The van der Waals surface area contributed by atoms with E-state index in [1.165, 1.54) is 36.8 Å². The summed E-state index contributed by atoms with van der Waals surface area (Å²) in [4.78, 5) is 11.1. The highest BCUT2D eigenvalue weighted by molar-refractivity contribution is 5.69. The third-order valence-electron chi connectivity index (χ3n) is 6.25. The van der Waals surface area contributed by atoms with Gasteiger partial charge in [0.25, 0.3) is 0 Å². The predicted octanol–water partition coefficient (Wildman–Crippen LogP) is 4.31. The number of nitrogens with two attached hydrogens (primary N) is 1. The van der Waals surface area contributed by atoms with Crippen molar-refractivity contribution in [3.63, 3.8) is 0 Å². The molecule has 3 heteroatoms. The van der Waals surface area contributed by atoms with Gasteiger partial charge in [-0.05, 0) is 80.2 Å². The molecule has 0 atom stereocenters. The fourth-order valence-electron chi connectivity index (χ4n) is 4.69.